The number of benzene rings is 2. The van der Waals surface area contributed by atoms with Crippen LogP contribution in [-0.2, 0) is 10.0 Å². The zero-order valence-electron chi connectivity index (χ0n) is 17.4. The number of fused-ring (bicyclic) bond motifs is 1. The van der Waals surface area contributed by atoms with Gasteiger partial charge in [0.2, 0.25) is 10.0 Å². The third kappa shape index (κ3) is 4.03. The van der Waals surface area contributed by atoms with E-state index in [9.17, 15) is 17.2 Å². The summed E-state index contributed by atoms with van der Waals surface area (Å²) in [6.45, 7) is 1.15. The van der Waals surface area contributed by atoms with Gasteiger partial charge in [0.05, 0.1) is 10.4 Å². The number of hydrogen-bond donors (Lipinski definition) is 0. The highest BCUT2D eigenvalue weighted by molar-refractivity contribution is 7.89. The zero-order valence-corrected chi connectivity index (χ0v) is 18.2. The van der Waals surface area contributed by atoms with E-state index in [2.05, 4.69) is 9.97 Å². The summed E-state index contributed by atoms with van der Waals surface area (Å²) < 4.78 is 54.0. The first kappa shape index (κ1) is 21.4. The second kappa shape index (κ2) is 8.45. The molecule has 7 nitrogen and oxygen atoms in total. The Morgan fingerprint density at radius 3 is 2.27 bits per heavy atom. The quantitative estimate of drug-likeness (QED) is 0.457. The smallest absolute Gasteiger partial charge is 0.243 e. The first-order valence-electron chi connectivity index (χ1n) is 10.3. The Labute approximate surface area is 189 Å². The van der Waals surface area contributed by atoms with Crippen molar-refractivity contribution in [3.05, 3.63) is 78.6 Å². The Morgan fingerprint density at radius 1 is 0.818 bits per heavy atom. The Morgan fingerprint density at radius 2 is 1.55 bits per heavy atom. The molecule has 0 N–H and O–H groups in total. The molecule has 2 aromatic carbocycles. The average Bonchev–Trinajstić information content (AvgIpc) is 2.85. The van der Waals surface area contributed by atoms with E-state index in [0.717, 1.165) is 40.5 Å². The summed E-state index contributed by atoms with van der Waals surface area (Å²) in [5, 5.41) is 0.868. The molecule has 0 unspecified atom stereocenters. The van der Waals surface area contributed by atoms with E-state index in [-0.39, 0.29) is 18.0 Å². The summed E-state index contributed by atoms with van der Waals surface area (Å²) in [5.41, 5.74) is 1.61. The molecule has 168 valence electrons. The van der Waals surface area contributed by atoms with E-state index in [1.807, 2.05) is 41.3 Å². The largest absolute Gasteiger partial charge is 0.353 e. The van der Waals surface area contributed by atoms with Crippen LogP contribution in [0.1, 0.15) is 0 Å². The van der Waals surface area contributed by atoms with Crippen molar-refractivity contribution >= 4 is 26.7 Å². The van der Waals surface area contributed by atoms with Gasteiger partial charge in [-0.15, -0.1) is 0 Å². The van der Waals surface area contributed by atoms with Gasteiger partial charge in [-0.05, 0) is 42.5 Å². The Bertz CT molecular complexity index is 1430. The fraction of sp³-hybridized carbons (Fsp3) is 0.174. The molecule has 3 heterocycles. The molecule has 33 heavy (non-hydrogen) atoms. The second-order valence-electron chi connectivity index (χ2n) is 7.59. The fourth-order valence-electron chi connectivity index (χ4n) is 3.86. The van der Waals surface area contributed by atoms with Crippen LogP contribution in [0.2, 0.25) is 0 Å². The highest BCUT2D eigenvalue weighted by Crippen LogP contribution is 2.29. The molecule has 0 spiro atoms. The van der Waals surface area contributed by atoms with Crippen LogP contribution in [0.3, 0.4) is 0 Å². The Hall–Kier alpha value is -3.50. The van der Waals surface area contributed by atoms with Crippen LogP contribution in [0, 0.1) is 11.6 Å². The van der Waals surface area contributed by atoms with Gasteiger partial charge in [-0.1, -0.05) is 12.1 Å². The van der Waals surface area contributed by atoms with Crippen molar-refractivity contribution in [2.75, 3.05) is 31.1 Å². The molecule has 10 heteroatoms. The highest BCUT2D eigenvalue weighted by atomic mass is 32.2. The number of piperazine rings is 1. The van der Waals surface area contributed by atoms with Crippen LogP contribution < -0.4 is 4.90 Å². The topological polar surface area (TPSA) is 79.3 Å². The van der Waals surface area contributed by atoms with Gasteiger partial charge in [-0.25, -0.2) is 27.2 Å². The van der Waals surface area contributed by atoms with Gasteiger partial charge in [-0.3, -0.25) is 4.98 Å². The van der Waals surface area contributed by atoms with E-state index < -0.39 is 21.7 Å². The molecular weight excluding hydrogens is 448 g/mol. The number of sulfonamides is 1. The minimum absolute atomic E-state index is 0.185. The summed E-state index contributed by atoms with van der Waals surface area (Å²) in [6.07, 6.45) is 3.35. The summed E-state index contributed by atoms with van der Waals surface area (Å²) in [4.78, 5) is 15.3. The van der Waals surface area contributed by atoms with Crippen molar-refractivity contribution in [2.24, 2.45) is 0 Å². The minimum Gasteiger partial charge on any atom is -0.353 e. The average molecular weight is 468 g/mol. The molecule has 5 rings (SSSR count). The van der Waals surface area contributed by atoms with Crippen molar-refractivity contribution in [2.45, 2.75) is 4.90 Å². The van der Waals surface area contributed by atoms with Crippen molar-refractivity contribution in [3.63, 3.8) is 0 Å². The maximum absolute atomic E-state index is 13.6. The number of para-hydroxylation sites is 1. The first-order chi connectivity index (χ1) is 15.9. The number of aromatic nitrogens is 3. The standard InChI is InChI=1S/C23H19F2N5O2S/c24-19-6-5-17(15-20(19)25)33(31,32)30-13-11-29(12-14-30)23-18-3-1-2-4-21(18)27-22(28-23)16-7-9-26-10-8-16/h1-10,15H,11-14H2. The van der Waals surface area contributed by atoms with Crippen LogP contribution in [0.15, 0.2) is 71.9 Å². The van der Waals surface area contributed by atoms with Gasteiger partial charge in [0, 0.05) is 49.5 Å². The highest BCUT2D eigenvalue weighted by Gasteiger charge is 2.30. The lowest BCUT2D eigenvalue weighted by molar-refractivity contribution is 0.383. The second-order valence-corrected chi connectivity index (χ2v) is 9.53. The number of hydrogen-bond acceptors (Lipinski definition) is 6. The molecule has 1 aliphatic rings. The van der Waals surface area contributed by atoms with Crippen molar-refractivity contribution in [3.8, 4) is 11.4 Å². The summed E-state index contributed by atoms with van der Waals surface area (Å²) in [5.74, 6) is -0.995. The lowest BCUT2D eigenvalue weighted by atomic mass is 10.2. The predicted octanol–water partition coefficient (Wildman–Crippen LogP) is 3.48. The lowest BCUT2D eigenvalue weighted by Gasteiger charge is -2.35. The monoisotopic (exact) mass is 467 g/mol. The van der Waals surface area contributed by atoms with Crippen LogP contribution in [0.4, 0.5) is 14.6 Å². The molecule has 1 aliphatic heterocycles. The summed E-state index contributed by atoms with van der Waals surface area (Å²) >= 11 is 0. The Balaban J connectivity index is 1.44. The van der Waals surface area contributed by atoms with Gasteiger partial charge in [0.1, 0.15) is 5.82 Å². The molecular formula is C23H19F2N5O2S. The van der Waals surface area contributed by atoms with Gasteiger partial charge >= 0.3 is 0 Å². The van der Waals surface area contributed by atoms with Crippen LogP contribution in [-0.4, -0.2) is 53.9 Å². The van der Waals surface area contributed by atoms with Gasteiger partial charge in [-0.2, -0.15) is 4.31 Å². The van der Waals surface area contributed by atoms with Crippen molar-refractivity contribution in [1.29, 1.82) is 0 Å². The normalized spacial score (nSPS) is 15.2. The van der Waals surface area contributed by atoms with Crippen molar-refractivity contribution < 1.29 is 17.2 Å². The van der Waals surface area contributed by atoms with Gasteiger partial charge < -0.3 is 4.90 Å². The van der Waals surface area contributed by atoms with Gasteiger partial charge in [0.15, 0.2) is 17.5 Å². The maximum Gasteiger partial charge on any atom is 0.243 e. The zero-order chi connectivity index (χ0) is 23.0. The number of anilines is 1. The van der Waals surface area contributed by atoms with E-state index in [1.165, 1.54) is 4.31 Å². The molecule has 2 aromatic heterocycles. The Kier molecular flexibility index (Phi) is 5.47. The minimum atomic E-state index is -3.94. The molecule has 0 radical (unpaired) electrons. The molecule has 0 bridgehead atoms. The molecule has 1 fully saturated rings. The SMILES string of the molecule is O=S(=O)(c1ccc(F)c(F)c1)N1CCN(c2nc(-c3ccncc3)nc3ccccc23)CC1. The van der Waals surface area contributed by atoms with Crippen LogP contribution in [0.25, 0.3) is 22.3 Å². The first-order valence-corrected chi connectivity index (χ1v) is 11.7. The molecule has 1 saturated heterocycles. The van der Waals surface area contributed by atoms with E-state index in [1.54, 1.807) is 12.4 Å². The molecule has 0 atom stereocenters. The number of pyridine rings is 1. The maximum atomic E-state index is 13.6. The van der Waals surface area contributed by atoms with E-state index in [4.69, 9.17) is 4.98 Å². The molecule has 0 aliphatic carbocycles. The van der Waals surface area contributed by atoms with E-state index in [0.29, 0.717) is 18.9 Å². The van der Waals surface area contributed by atoms with E-state index >= 15 is 0 Å². The summed E-state index contributed by atoms with van der Waals surface area (Å²) in [7, 11) is -3.94. The van der Waals surface area contributed by atoms with Crippen LogP contribution in [0.5, 0.6) is 0 Å². The third-order valence-electron chi connectivity index (χ3n) is 5.59. The number of halogens is 2. The lowest BCUT2D eigenvalue weighted by Crippen LogP contribution is -2.49. The molecule has 0 saturated carbocycles. The summed E-state index contributed by atoms with van der Waals surface area (Å²) in [6, 6.07) is 14.0. The predicted molar refractivity (Wildman–Crippen MR) is 120 cm³/mol. The van der Waals surface area contributed by atoms with Crippen LogP contribution >= 0.6 is 0 Å². The number of rotatable bonds is 4. The fourth-order valence-corrected chi connectivity index (χ4v) is 5.29. The number of nitrogens with zero attached hydrogens (tertiary/aromatic N) is 5. The third-order valence-corrected chi connectivity index (χ3v) is 7.48. The molecule has 4 aromatic rings. The van der Waals surface area contributed by atoms with Crippen molar-refractivity contribution in [1.82, 2.24) is 19.3 Å². The molecule has 0 amide bonds. The van der Waals surface area contributed by atoms with Gasteiger partial charge in [0.25, 0.3) is 0 Å².